The van der Waals surface area contributed by atoms with Crippen LogP contribution in [0.2, 0.25) is 0 Å². The summed E-state index contributed by atoms with van der Waals surface area (Å²) < 4.78 is 10.9. The van der Waals surface area contributed by atoms with Crippen molar-refractivity contribution in [1.29, 1.82) is 0 Å². The number of amides is 2. The summed E-state index contributed by atoms with van der Waals surface area (Å²) >= 11 is 0. The fourth-order valence-electron chi connectivity index (χ4n) is 4.61. The van der Waals surface area contributed by atoms with Gasteiger partial charge in [0.2, 0.25) is 5.91 Å². The Morgan fingerprint density at radius 3 is 2.28 bits per heavy atom. The van der Waals surface area contributed by atoms with Crippen molar-refractivity contribution in [2.24, 2.45) is 0 Å². The molecular formula is C26H32N2O4. The minimum absolute atomic E-state index is 0.00222. The molecular weight excluding hydrogens is 404 g/mol. The van der Waals surface area contributed by atoms with Crippen LogP contribution in [0.4, 0.5) is 5.69 Å². The lowest BCUT2D eigenvalue weighted by Crippen LogP contribution is -2.43. The molecule has 32 heavy (non-hydrogen) atoms. The summed E-state index contributed by atoms with van der Waals surface area (Å²) in [5, 5.41) is 3.13. The van der Waals surface area contributed by atoms with Crippen LogP contribution in [0.15, 0.2) is 48.5 Å². The maximum Gasteiger partial charge on any atom is 0.260 e. The summed E-state index contributed by atoms with van der Waals surface area (Å²) in [5.74, 6) is 0.621. The van der Waals surface area contributed by atoms with E-state index in [0.29, 0.717) is 32.1 Å². The second kappa shape index (κ2) is 10.2. The van der Waals surface area contributed by atoms with Crippen molar-refractivity contribution >= 4 is 17.5 Å². The van der Waals surface area contributed by atoms with Crippen LogP contribution >= 0.6 is 0 Å². The zero-order valence-corrected chi connectivity index (χ0v) is 18.8. The molecule has 1 saturated heterocycles. The first-order valence-electron chi connectivity index (χ1n) is 11.5. The topological polar surface area (TPSA) is 67.9 Å². The molecule has 1 N–H and O–H groups in total. The Morgan fingerprint density at radius 1 is 0.969 bits per heavy atom. The van der Waals surface area contributed by atoms with Gasteiger partial charge in [0.25, 0.3) is 5.91 Å². The number of anilines is 1. The van der Waals surface area contributed by atoms with Crippen molar-refractivity contribution in [1.82, 2.24) is 4.90 Å². The lowest BCUT2D eigenvalue weighted by Gasteiger charge is -2.36. The van der Waals surface area contributed by atoms with E-state index in [9.17, 15) is 9.59 Å². The Morgan fingerprint density at radius 2 is 1.62 bits per heavy atom. The molecule has 0 spiro atoms. The Bertz CT molecular complexity index is 912. The van der Waals surface area contributed by atoms with Crippen molar-refractivity contribution in [3.8, 4) is 5.75 Å². The van der Waals surface area contributed by atoms with E-state index >= 15 is 0 Å². The summed E-state index contributed by atoms with van der Waals surface area (Å²) in [5.41, 5.74) is 2.55. The zero-order valence-electron chi connectivity index (χ0n) is 18.8. The van der Waals surface area contributed by atoms with Crippen molar-refractivity contribution in [2.75, 3.05) is 38.2 Å². The molecule has 1 saturated carbocycles. The number of benzene rings is 2. The number of rotatable bonds is 6. The molecule has 6 heteroatoms. The lowest BCUT2D eigenvalue weighted by molar-refractivity contribution is -0.137. The maximum absolute atomic E-state index is 13.4. The molecule has 6 nitrogen and oxygen atoms in total. The Hall–Kier alpha value is -2.86. The highest BCUT2D eigenvalue weighted by molar-refractivity contribution is 5.99. The second-order valence-electron chi connectivity index (χ2n) is 8.77. The van der Waals surface area contributed by atoms with Gasteiger partial charge in [-0.3, -0.25) is 9.59 Å². The minimum atomic E-state index is -0.480. The Balaban J connectivity index is 1.38. The number of carbonyl (C=O) groups excluding carboxylic acids is 2. The summed E-state index contributed by atoms with van der Waals surface area (Å²) in [6.45, 7) is 4.43. The molecule has 2 fully saturated rings. The summed E-state index contributed by atoms with van der Waals surface area (Å²) in [6, 6.07) is 15.6. The van der Waals surface area contributed by atoms with E-state index in [1.165, 1.54) is 12.0 Å². The number of hydrogen-bond donors (Lipinski definition) is 1. The first-order chi connectivity index (χ1) is 15.6. The lowest BCUT2D eigenvalue weighted by atomic mass is 9.68. The van der Waals surface area contributed by atoms with Crippen LogP contribution in [-0.4, -0.2) is 49.6 Å². The van der Waals surface area contributed by atoms with E-state index in [2.05, 4.69) is 36.5 Å². The maximum atomic E-state index is 13.4. The van der Waals surface area contributed by atoms with Gasteiger partial charge in [0.1, 0.15) is 5.75 Å². The second-order valence-corrected chi connectivity index (χ2v) is 8.77. The number of nitrogens with one attached hydrogen (secondary N) is 1. The number of nitrogens with zero attached hydrogens (tertiary/aromatic N) is 1. The monoisotopic (exact) mass is 436 g/mol. The van der Waals surface area contributed by atoms with Gasteiger partial charge in [-0.05, 0) is 49.6 Å². The molecule has 1 heterocycles. The quantitative estimate of drug-likeness (QED) is 0.741. The minimum Gasteiger partial charge on any atom is -0.484 e. The van der Waals surface area contributed by atoms with Gasteiger partial charge in [0.05, 0.1) is 18.6 Å². The number of hydrogen-bond acceptors (Lipinski definition) is 4. The third-order valence-electron chi connectivity index (χ3n) is 6.58. The van der Waals surface area contributed by atoms with Crippen LogP contribution in [-0.2, 0) is 19.7 Å². The van der Waals surface area contributed by atoms with E-state index in [0.717, 1.165) is 36.9 Å². The van der Waals surface area contributed by atoms with Crippen molar-refractivity contribution < 1.29 is 19.1 Å². The average molecular weight is 437 g/mol. The smallest absolute Gasteiger partial charge is 0.260 e. The average Bonchev–Trinajstić information content (AvgIpc) is 2.84. The molecule has 0 radical (unpaired) electrons. The molecule has 2 amide bonds. The molecule has 0 aromatic heterocycles. The molecule has 2 aliphatic rings. The third kappa shape index (κ3) is 5.13. The predicted octanol–water partition coefficient (Wildman–Crippen LogP) is 4.07. The van der Waals surface area contributed by atoms with Crippen molar-refractivity contribution in [3.63, 3.8) is 0 Å². The SMILES string of the molecule is Cc1ccc(C2(C(=O)Nc3ccc(OCC(=O)N4CCOCC4)cc3)CCCCC2)cc1. The van der Waals surface area contributed by atoms with Crippen molar-refractivity contribution in [3.05, 3.63) is 59.7 Å². The largest absolute Gasteiger partial charge is 0.484 e. The Labute approximate surface area is 189 Å². The van der Waals surface area contributed by atoms with E-state index in [4.69, 9.17) is 9.47 Å². The van der Waals surface area contributed by atoms with Gasteiger partial charge in [-0.2, -0.15) is 0 Å². The van der Waals surface area contributed by atoms with Crippen LogP contribution in [0.25, 0.3) is 0 Å². The zero-order chi connectivity index (χ0) is 22.4. The standard InChI is InChI=1S/C26H32N2O4/c1-20-5-7-21(8-6-20)26(13-3-2-4-14-26)25(30)27-22-9-11-23(12-10-22)32-19-24(29)28-15-17-31-18-16-28/h5-12H,2-4,13-19H2,1H3,(H,27,30). The fourth-order valence-corrected chi connectivity index (χ4v) is 4.61. The first-order valence-corrected chi connectivity index (χ1v) is 11.5. The van der Waals surface area contributed by atoms with E-state index in [1.54, 1.807) is 17.0 Å². The highest BCUT2D eigenvalue weighted by atomic mass is 16.5. The highest BCUT2D eigenvalue weighted by Gasteiger charge is 2.41. The Kier molecular flexibility index (Phi) is 7.10. The van der Waals surface area contributed by atoms with Gasteiger partial charge in [-0.15, -0.1) is 0 Å². The first kappa shape index (κ1) is 22.3. The molecule has 2 aromatic rings. The number of morpholine rings is 1. The van der Waals surface area contributed by atoms with Crippen LogP contribution in [0, 0.1) is 6.92 Å². The van der Waals surface area contributed by atoms with Crippen LogP contribution in [0.5, 0.6) is 5.75 Å². The van der Waals surface area contributed by atoms with Crippen LogP contribution < -0.4 is 10.1 Å². The van der Waals surface area contributed by atoms with E-state index < -0.39 is 5.41 Å². The summed E-state index contributed by atoms with van der Waals surface area (Å²) in [7, 11) is 0. The van der Waals surface area contributed by atoms with Crippen LogP contribution in [0.1, 0.15) is 43.2 Å². The normalized spacial score (nSPS) is 18.1. The molecule has 0 unspecified atom stereocenters. The van der Waals surface area contributed by atoms with Gasteiger partial charge >= 0.3 is 0 Å². The van der Waals surface area contributed by atoms with Gasteiger partial charge in [-0.25, -0.2) is 0 Å². The number of aryl methyl sites for hydroxylation is 1. The highest BCUT2D eigenvalue weighted by Crippen LogP contribution is 2.40. The van der Waals surface area contributed by atoms with Gasteiger partial charge in [0.15, 0.2) is 6.61 Å². The van der Waals surface area contributed by atoms with E-state index in [1.807, 2.05) is 12.1 Å². The molecule has 1 aliphatic heterocycles. The van der Waals surface area contributed by atoms with Gasteiger partial charge in [-0.1, -0.05) is 49.1 Å². The fraction of sp³-hybridized carbons (Fsp3) is 0.462. The number of ether oxygens (including phenoxy) is 2. The molecule has 0 atom stereocenters. The van der Waals surface area contributed by atoms with Gasteiger partial charge in [0, 0.05) is 18.8 Å². The number of carbonyl (C=O) groups is 2. The molecule has 1 aliphatic carbocycles. The molecule has 4 rings (SSSR count). The van der Waals surface area contributed by atoms with Gasteiger partial charge < -0.3 is 19.7 Å². The van der Waals surface area contributed by atoms with E-state index in [-0.39, 0.29) is 18.4 Å². The van der Waals surface area contributed by atoms with Crippen LogP contribution in [0.3, 0.4) is 0 Å². The van der Waals surface area contributed by atoms with Crippen molar-refractivity contribution in [2.45, 2.75) is 44.4 Å². The molecule has 2 aromatic carbocycles. The molecule has 0 bridgehead atoms. The third-order valence-corrected chi connectivity index (χ3v) is 6.58. The molecule has 170 valence electrons. The summed E-state index contributed by atoms with van der Waals surface area (Å²) in [6.07, 6.45) is 5.03. The summed E-state index contributed by atoms with van der Waals surface area (Å²) in [4.78, 5) is 27.4. The predicted molar refractivity (Wildman–Crippen MR) is 124 cm³/mol.